The maximum absolute atomic E-state index is 12.7. The van der Waals surface area contributed by atoms with E-state index in [1.807, 2.05) is 13.8 Å². The quantitative estimate of drug-likeness (QED) is 0.607. The van der Waals surface area contributed by atoms with Crippen molar-refractivity contribution in [1.29, 1.82) is 0 Å². The smallest absolute Gasteiger partial charge is 0.408 e. The number of rotatable bonds is 7. The maximum Gasteiger partial charge on any atom is 0.408 e. The van der Waals surface area contributed by atoms with E-state index < -0.39 is 33.7 Å². The van der Waals surface area contributed by atoms with E-state index in [2.05, 4.69) is 10.0 Å². The fourth-order valence-corrected chi connectivity index (χ4v) is 3.94. The van der Waals surface area contributed by atoms with Crippen LogP contribution in [-0.4, -0.2) is 39.2 Å². The van der Waals surface area contributed by atoms with E-state index >= 15 is 0 Å². The molecule has 32 heavy (non-hydrogen) atoms. The Morgan fingerprint density at radius 1 is 1.03 bits per heavy atom. The second kappa shape index (κ2) is 10.0. The maximum atomic E-state index is 12.7. The van der Waals surface area contributed by atoms with Crippen LogP contribution in [0.3, 0.4) is 0 Å². The zero-order chi connectivity index (χ0) is 24.1. The van der Waals surface area contributed by atoms with E-state index in [-0.39, 0.29) is 11.3 Å². The molecule has 0 aliphatic carbocycles. The van der Waals surface area contributed by atoms with Gasteiger partial charge in [0.05, 0.1) is 12.0 Å². The number of ether oxygens (including phenoxy) is 2. The fraction of sp³-hybridized carbons (Fsp3) is 0.391. The zero-order valence-electron chi connectivity index (χ0n) is 19.2. The molecule has 0 unspecified atom stereocenters. The van der Waals surface area contributed by atoms with Crippen LogP contribution >= 0.6 is 0 Å². The summed E-state index contributed by atoms with van der Waals surface area (Å²) in [5.74, 6) is -0.638. The Balaban J connectivity index is 2.25. The molecular formula is C23H30N2O6S. The summed E-state index contributed by atoms with van der Waals surface area (Å²) in [4.78, 5) is 24.6. The van der Waals surface area contributed by atoms with Crippen LogP contribution in [0.2, 0.25) is 0 Å². The molecular weight excluding hydrogens is 432 g/mol. The Kier molecular flexibility index (Phi) is 7.90. The van der Waals surface area contributed by atoms with Crippen molar-refractivity contribution >= 4 is 27.8 Å². The molecule has 0 heterocycles. The lowest BCUT2D eigenvalue weighted by Gasteiger charge is -2.23. The predicted octanol–water partition coefficient (Wildman–Crippen LogP) is 3.71. The average Bonchev–Trinajstić information content (AvgIpc) is 2.68. The van der Waals surface area contributed by atoms with Crippen molar-refractivity contribution in [3.8, 4) is 0 Å². The van der Waals surface area contributed by atoms with Crippen molar-refractivity contribution in [2.75, 3.05) is 11.8 Å². The summed E-state index contributed by atoms with van der Waals surface area (Å²) in [5, 5.41) is 2.52. The Hall–Kier alpha value is -3.07. The molecule has 174 valence electrons. The van der Waals surface area contributed by atoms with Gasteiger partial charge in [-0.3, -0.25) is 4.72 Å². The van der Waals surface area contributed by atoms with Crippen molar-refractivity contribution < 1.29 is 27.5 Å². The van der Waals surface area contributed by atoms with Crippen molar-refractivity contribution in [2.45, 2.75) is 57.6 Å². The van der Waals surface area contributed by atoms with Crippen molar-refractivity contribution in [1.82, 2.24) is 5.32 Å². The Morgan fingerprint density at radius 2 is 1.66 bits per heavy atom. The topological polar surface area (TPSA) is 111 Å². The van der Waals surface area contributed by atoms with Gasteiger partial charge in [0.25, 0.3) is 10.0 Å². The number of benzene rings is 2. The Morgan fingerprint density at radius 3 is 2.22 bits per heavy atom. The van der Waals surface area contributed by atoms with Crippen LogP contribution in [0.5, 0.6) is 0 Å². The molecule has 1 amide bonds. The molecule has 0 radical (unpaired) electrons. The molecule has 0 aliphatic rings. The van der Waals surface area contributed by atoms with Gasteiger partial charge < -0.3 is 14.8 Å². The number of amides is 1. The second-order valence-electron chi connectivity index (χ2n) is 8.49. The molecule has 9 heteroatoms. The van der Waals surface area contributed by atoms with E-state index in [0.717, 1.165) is 11.1 Å². The summed E-state index contributed by atoms with van der Waals surface area (Å²) in [6.07, 6.45) is -0.653. The van der Waals surface area contributed by atoms with Gasteiger partial charge in [0.2, 0.25) is 0 Å². The number of carbonyl (C=O) groups excluding carboxylic acids is 2. The number of alkyl carbamates (subject to hydrolysis) is 1. The molecule has 8 nitrogen and oxygen atoms in total. The summed E-state index contributed by atoms with van der Waals surface area (Å²) in [6.45, 7) is 8.85. The minimum atomic E-state index is -3.78. The van der Waals surface area contributed by atoms with Gasteiger partial charge in [0.15, 0.2) is 0 Å². The first-order valence-corrected chi connectivity index (χ1v) is 11.6. The second-order valence-corrected chi connectivity index (χ2v) is 10.2. The standard InChI is InChI=1S/C23H30N2O6S/c1-15-7-11-19(12-8-15)32(28,29)25-18-10-9-16(2)17(13-18)14-20(21(26)30-6)24-22(27)31-23(3,4)5/h7-13,20,25H,14H2,1-6H3,(H,24,27)/t20-/m0/s1. The minimum absolute atomic E-state index is 0.0951. The molecule has 2 aromatic rings. The molecule has 1 atom stereocenters. The molecule has 0 aromatic heterocycles. The number of nitrogens with one attached hydrogen (secondary N) is 2. The van der Waals surface area contributed by atoms with Crippen molar-refractivity contribution in [2.24, 2.45) is 0 Å². The first-order chi connectivity index (χ1) is 14.8. The number of hydrogen-bond acceptors (Lipinski definition) is 6. The van der Waals surface area contributed by atoms with Crippen LogP contribution in [-0.2, 0) is 30.7 Å². The van der Waals surface area contributed by atoms with Gasteiger partial charge in [-0.25, -0.2) is 18.0 Å². The molecule has 0 aliphatic heterocycles. The number of esters is 1. The summed E-state index contributed by atoms with van der Waals surface area (Å²) in [6, 6.07) is 10.5. The molecule has 2 N–H and O–H groups in total. The van der Waals surface area contributed by atoms with Gasteiger partial charge in [-0.05, 0) is 70.0 Å². The van der Waals surface area contributed by atoms with Gasteiger partial charge in [-0.2, -0.15) is 0 Å². The predicted molar refractivity (Wildman–Crippen MR) is 122 cm³/mol. The molecule has 0 fully saturated rings. The van der Waals surface area contributed by atoms with E-state index in [4.69, 9.17) is 9.47 Å². The highest BCUT2D eigenvalue weighted by Crippen LogP contribution is 2.21. The molecule has 0 bridgehead atoms. The lowest BCUT2D eigenvalue weighted by atomic mass is 10.0. The molecule has 2 aromatic carbocycles. The van der Waals surface area contributed by atoms with Gasteiger partial charge in [-0.1, -0.05) is 23.8 Å². The van der Waals surface area contributed by atoms with Crippen molar-refractivity contribution in [3.63, 3.8) is 0 Å². The first-order valence-electron chi connectivity index (χ1n) is 10.1. The van der Waals surface area contributed by atoms with Gasteiger partial charge >= 0.3 is 12.1 Å². The van der Waals surface area contributed by atoms with Crippen LogP contribution in [0.4, 0.5) is 10.5 Å². The van der Waals surface area contributed by atoms with Crippen LogP contribution in [0.1, 0.15) is 37.5 Å². The van der Waals surface area contributed by atoms with Crippen LogP contribution in [0, 0.1) is 13.8 Å². The SMILES string of the molecule is COC(=O)[C@H](Cc1cc(NS(=O)(=O)c2ccc(C)cc2)ccc1C)NC(=O)OC(C)(C)C. The Bertz CT molecular complexity index is 1070. The van der Waals surface area contributed by atoms with E-state index in [0.29, 0.717) is 11.3 Å². The molecule has 0 spiro atoms. The third-order valence-corrected chi connectivity index (χ3v) is 5.93. The third-order valence-electron chi connectivity index (χ3n) is 4.53. The van der Waals surface area contributed by atoms with E-state index in [1.54, 1.807) is 51.1 Å². The summed E-state index contributed by atoms with van der Waals surface area (Å²) >= 11 is 0. The van der Waals surface area contributed by atoms with Gasteiger partial charge in [0.1, 0.15) is 11.6 Å². The van der Waals surface area contributed by atoms with Crippen LogP contribution in [0.15, 0.2) is 47.4 Å². The summed E-state index contributed by atoms with van der Waals surface area (Å²) in [5.41, 5.74) is 2.05. The van der Waals surface area contributed by atoms with Gasteiger partial charge in [-0.15, -0.1) is 0 Å². The van der Waals surface area contributed by atoms with E-state index in [9.17, 15) is 18.0 Å². The number of methoxy groups -OCH3 is 1. The first kappa shape index (κ1) is 25.2. The molecule has 2 rings (SSSR count). The largest absolute Gasteiger partial charge is 0.467 e. The highest BCUT2D eigenvalue weighted by molar-refractivity contribution is 7.92. The summed E-state index contributed by atoms with van der Waals surface area (Å²) in [7, 11) is -2.55. The number of carbonyl (C=O) groups is 2. The third kappa shape index (κ3) is 7.26. The number of anilines is 1. The average molecular weight is 463 g/mol. The summed E-state index contributed by atoms with van der Waals surface area (Å²) < 4.78 is 38.0. The zero-order valence-corrected chi connectivity index (χ0v) is 20.0. The molecule has 0 saturated carbocycles. The highest BCUT2D eigenvalue weighted by atomic mass is 32.2. The minimum Gasteiger partial charge on any atom is -0.467 e. The number of sulfonamides is 1. The highest BCUT2D eigenvalue weighted by Gasteiger charge is 2.26. The van der Waals surface area contributed by atoms with Crippen molar-refractivity contribution in [3.05, 3.63) is 59.2 Å². The lowest BCUT2D eigenvalue weighted by molar-refractivity contribution is -0.143. The molecule has 0 saturated heterocycles. The normalized spacial score (nSPS) is 12.6. The Labute approximate surface area is 189 Å². The fourth-order valence-electron chi connectivity index (χ4n) is 2.89. The van der Waals surface area contributed by atoms with Crippen LogP contribution in [0.25, 0.3) is 0 Å². The van der Waals surface area contributed by atoms with E-state index in [1.165, 1.54) is 19.2 Å². The van der Waals surface area contributed by atoms with Crippen LogP contribution < -0.4 is 10.0 Å². The lowest BCUT2D eigenvalue weighted by Crippen LogP contribution is -2.45. The monoisotopic (exact) mass is 462 g/mol. The van der Waals surface area contributed by atoms with Gasteiger partial charge in [0, 0.05) is 12.1 Å². The number of hydrogen-bond donors (Lipinski definition) is 2. The number of aryl methyl sites for hydroxylation is 2.